The number of rotatable bonds is 7. The van der Waals surface area contributed by atoms with Gasteiger partial charge in [0.25, 0.3) is 0 Å². The first-order valence-electron chi connectivity index (χ1n) is 5.59. The summed E-state index contributed by atoms with van der Waals surface area (Å²) in [5.41, 5.74) is 2.80. The molecule has 4 nitrogen and oxygen atoms in total. The molecule has 88 valence electrons. The van der Waals surface area contributed by atoms with Crippen LogP contribution >= 0.6 is 11.6 Å². The quantitative estimate of drug-likeness (QED) is 0.451. The van der Waals surface area contributed by atoms with Gasteiger partial charge in [0.1, 0.15) is 0 Å². The summed E-state index contributed by atoms with van der Waals surface area (Å²) < 4.78 is 0. The van der Waals surface area contributed by atoms with Crippen molar-refractivity contribution in [3.05, 3.63) is 17.3 Å². The highest BCUT2D eigenvalue weighted by atomic mass is 35.5. The van der Waals surface area contributed by atoms with Gasteiger partial charge in [-0.1, -0.05) is 37.8 Å². The van der Waals surface area contributed by atoms with Gasteiger partial charge in [0, 0.05) is 6.21 Å². The fraction of sp³-hybridized carbons (Fsp3) is 0.545. The van der Waals surface area contributed by atoms with Crippen LogP contribution in [0.5, 0.6) is 0 Å². The van der Waals surface area contributed by atoms with Crippen molar-refractivity contribution in [1.82, 2.24) is 10.2 Å². The Hall–Kier alpha value is -1.16. The molecule has 0 radical (unpaired) electrons. The summed E-state index contributed by atoms with van der Waals surface area (Å²) in [6.45, 7) is 2.20. The molecular weight excluding hydrogens is 224 g/mol. The average molecular weight is 241 g/mol. The van der Waals surface area contributed by atoms with E-state index in [1.165, 1.54) is 25.7 Å². The van der Waals surface area contributed by atoms with E-state index in [4.69, 9.17) is 11.6 Å². The Morgan fingerprint density at radius 2 is 2.19 bits per heavy atom. The predicted octanol–water partition coefficient (Wildman–Crippen LogP) is 3.50. The second kappa shape index (κ2) is 8.05. The van der Waals surface area contributed by atoms with Gasteiger partial charge in [-0.25, -0.2) is 0 Å². The van der Waals surface area contributed by atoms with Crippen molar-refractivity contribution in [3.8, 4) is 0 Å². The standard InChI is InChI=1S/C11H17ClN4/c1-2-3-4-5-6-9-13-15-11-8-7-10(12)14-16-11/h7-9H,2-6H2,1H3,(H,15,16). The fourth-order valence-corrected chi connectivity index (χ4v) is 1.32. The first-order valence-corrected chi connectivity index (χ1v) is 5.97. The SMILES string of the molecule is CCCCCCC=NNc1ccc(Cl)nn1. The molecule has 0 aliphatic carbocycles. The van der Waals surface area contributed by atoms with Gasteiger partial charge in [0.2, 0.25) is 0 Å². The van der Waals surface area contributed by atoms with Crippen LogP contribution in [-0.2, 0) is 0 Å². The van der Waals surface area contributed by atoms with E-state index in [-0.39, 0.29) is 0 Å². The van der Waals surface area contributed by atoms with Gasteiger partial charge in [-0.15, -0.1) is 10.2 Å². The third-order valence-corrected chi connectivity index (χ3v) is 2.29. The number of unbranched alkanes of at least 4 members (excludes halogenated alkanes) is 4. The predicted molar refractivity (Wildman–Crippen MR) is 67.9 cm³/mol. The number of hydrogen-bond donors (Lipinski definition) is 1. The van der Waals surface area contributed by atoms with E-state index in [1.54, 1.807) is 12.1 Å². The molecule has 1 aromatic heterocycles. The van der Waals surface area contributed by atoms with Crippen molar-refractivity contribution in [2.24, 2.45) is 5.10 Å². The zero-order chi connectivity index (χ0) is 11.6. The Labute approximate surface area is 101 Å². The van der Waals surface area contributed by atoms with Gasteiger partial charge in [0.15, 0.2) is 11.0 Å². The van der Waals surface area contributed by atoms with Crippen molar-refractivity contribution in [3.63, 3.8) is 0 Å². The van der Waals surface area contributed by atoms with E-state index in [2.05, 4.69) is 27.6 Å². The van der Waals surface area contributed by atoms with E-state index in [0.717, 1.165) is 6.42 Å². The lowest BCUT2D eigenvalue weighted by Gasteiger charge is -1.97. The maximum atomic E-state index is 5.60. The van der Waals surface area contributed by atoms with E-state index in [1.807, 2.05) is 6.21 Å². The first kappa shape index (κ1) is 12.9. The number of aromatic nitrogens is 2. The van der Waals surface area contributed by atoms with Crippen LogP contribution in [0, 0.1) is 0 Å². The summed E-state index contributed by atoms with van der Waals surface area (Å²) in [4.78, 5) is 0. The molecule has 0 aliphatic rings. The highest BCUT2D eigenvalue weighted by molar-refractivity contribution is 6.29. The number of anilines is 1. The van der Waals surface area contributed by atoms with Crippen molar-refractivity contribution in [2.45, 2.75) is 39.0 Å². The van der Waals surface area contributed by atoms with Crippen molar-refractivity contribution >= 4 is 23.6 Å². The molecule has 16 heavy (non-hydrogen) atoms. The summed E-state index contributed by atoms with van der Waals surface area (Å²) in [5.74, 6) is 0.606. The molecule has 0 atom stereocenters. The molecule has 0 aromatic carbocycles. The van der Waals surface area contributed by atoms with Gasteiger partial charge in [-0.3, -0.25) is 5.43 Å². The van der Waals surface area contributed by atoms with Crippen LogP contribution in [0.1, 0.15) is 39.0 Å². The van der Waals surface area contributed by atoms with Gasteiger partial charge in [-0.05, 0) is 25.0 Å². The Morgan fingerprint density at radius 3 is 2.88 bits per heavy atom. The molecule has 1 aromatic rings. The van der Waals surface area contributed by atoms with Gasteiger partial charge in [-0.2, -0.15) is 5.10 Å². The number of hydrazone groups is 1. The Morgan fingerprint density at radius 1 is 1.31 bits per heavy atom. The Bertz CT molecular complexity index is 310. The van der Waals surface area contributed by atoms with E-state index in [9.17, 15) is 0 Å². The first-order chi connectivity index (χ1) is 7.83. The smallest absolute Gasteiger partial charge is 0.168 e. The lowest BCUT2D eigenvalue weighted by atomic mass is 10.2. The molecule has 1 N–H and O–H groups in total. The summed E-state index contributed by atoms with van der Waals surface area (Å²) in [6, 6.07) is 3.41. The van der Waals surface area contributed by atoms with E-state index < -0.39 is 0 Å². The van der Waals surface area contributed by atoms with E-state index in [0.29, 0.717) is 11.0 Å². The van der Waals surface area contributed by atoms with Crippen molar-refractivity contribution in [1.29, 1.82) is 0 Å². The molecule has 0 bridgehead atoms. The van der Waals surface area contributed by atoms with Crippen molar-refractivity contribution < 1.29 is 0 Å². The molecule has 5 heteroatoms. The van der Waals surface area contributed by atoms with Crippen molar-refractivity contribution in [2.75, 3.05) is 5.43 Å². The topological polar surface area (TPSA) is 50.2 Å². The van der Waals surface area contributed by atoms with Gasteiger partial charge < -0.3 is 0 Å². The summed E-state index contributed by atoms with van der Waals surface area (Å²) in [5, 5.41) is 11.9. The molecule has 0 saturated heterocycles. The fourth-order valence-electron chi connectivity index (χ4n) is 1.21. The molecule has 1 rings (SSSR count). The van der Waals surface area contributed by atoms with Crippen LogP contribution in [0.3, 0.4) is 0 Å². The summed E-state index contributed by atoms with van der Waals surface area (Å²) in [6.07, 6.45) is 7.87. The van der Waals surface area contributed by atoms with Gasteiger partial charge >= 0.3 is 0 Å². The third-order valence-electron chi connectivity index (χ3n) is 2.09. The zero-order valence-electron chi connectivity index (χ0n) is 9.49. The highest BCUT2D eigenvalue weighted by Gasteiger charge is 1.91. The molecule has 0 unspecified atom stereocenters. The zero-order valence-corrected chi connectivity index (χ0v) is 10.2. The number of nitrogens with zero attached hydrogens (tertiary/aromatic N) is 3. The molecule has 0 aliphatic heterocycles. The van der Waals surface area contributed by atoms with Crippen LogP contribution in [0.2, 0.25) is 5.15 Å². The molecular formula is C11H17ClN4. The molecule has 0 spiro atoms. The second-order valence-corrected chi connectivity index (χ2v) is 3.90. The molecule has 0 fully saturated rings. The largest absolute Gasteiger partial charge is 0.260 e. The molecule has 0 saturated carbocycles. The van der Waals surface area contributed by atoms with E-state index >= 15 is 0 Å². The van der Waals surface area contributed by atoms with Gasteiger partial charge in [0.05, 0.1) is 0 Å². The number of hydrogen-bond acceptors (Lipinski definition) is 4. The lowest BCUT2D eigenvalue weighted by Crippen LogP contribution is -1.94. The normalized spacial score (nSPS) is 10.9. The van der Waals surface area contributed by atoms with Crippen LogP contribution < -0.4 is 5.43 Å². The minimum absolute atomic E-state index is 0.383. The maximum Gasteiger partial charge on any atom is 0.168 e. The maximum absolute atomic E-state index is 5.60. The average Bonchev–Trinajstić information content (AvgIpc) is 2.30. The highest BCUT2D eigenvalue weighted by Crippen LogP contribution is 2.05. The molecule has 1 heterocycles. The minimum Gasteiger partial charge on any atom is -0.260 e. The number of halogens is 1. The van der Waals surface area contributed by atoms with Crippen LogP contribution in [0.4, 0.5) is 5.82 Å². The van der Waals surface area contributed by atoms with Crippen LogP contribution in [-0.4, -0.2) is 16.4 Å². The summed E-state index contributed by atoms with van der Waals surface area (Å²) >= 11 is 5.60. The molecule has 0 amide bonds. The van der Waals surface area contributed by atoms with Crippen LogP contribution in [0.15, 0.2) is 17.2 Å². The second-order valence-electron chi connectivity index (χ2n) is 3.51. The minimum atomic E-state index is 0.383. The Balaban J connectivity index is 2.14. The Kier molecular flexibility index (Phi) is 6.49. The van der Waals surface area contributed by atoms with Crippen LogP contribution in [0.25, 0.3) is 0 Å². The third kappa shape index (κ3) is 5.66. The summed E-state index contributed by atoms with van der Waals surface area (Å²) in [7, 11) is 0. The monoisotopic (exact) mass is 240 g/mol. The number of nitrogens with one attached hydrogen (secondary N) is 1. The lowest BCUT2D eigenvalue weighted by molar-refractivity contribution is 0.685.